The van der Waals surface area contributed by atoms with Crippen LogP contribution >= 0.6 is 11.3 Å². The SMILES string of the molecule is O=C(CC1CC2CCC(C1)N2)Nc1nc(-c2ccc3c(c2)OCCO3)cs1. The molecule has 3 aliphatic rings. The third-order valence-electron chi connectivity index (χ3n) is 5.63. The molecule has 2 unspecified atom stereocenters. The van der Waals surface area contributed by atoms with E-state index in [0.29, 0.717) is 42.8 Å². The fourth-order valence-electron chi connectivity index (χ4n) is 4.44. The van der Waals surface area contributed by atoms with Crippen LogP contribution < -0.4 is 20.1 Å². The molecule has 6 nitrogen and oxygen atoms in total. The van der Waals surface area contributed by atoms with E-state index in [1.54, 1.807) is 0 Å². The molecule has 142 valence electrons. The summed E-state index contributed by atoms with van der Waals surface area (Å²) in [6.45, 7) is 1.14. The number of carbonyl (C=O) groups excluding carboxylic acids is 1. The Hall–Kier alpha value is -2.12. The number of aromatic nitrogens is 1. The van der Waals surface area contributed by atoms with Gasteiger partial charge in [-0.2, -0.15) is 0 Å². The van der Waals surface area contributed by atoms with Gasteiger partial charge in [0.25, 0.3) is 0 Å². The number of hydrogen-bond donors (Lipinski definition) is 2. The summed E-state index contributed by atoms with van der Waals surface area (Å²) in [6, 6.07) is 7.05. The van der Waals surface area contributed by atoms with Gasteiger partial charge in [0.15, 0.2) is 16.6 Å². The molecule has 0 aliphatic carbocycles. The van der Waals surface area contributed by atoms with Crippen LogP contribution in [0.25, 0.3) is 11.3 Å². The lowest BCUT2D eigenvalue weighted by Gasteiger charge is -2.28. The molecule has 1 aromatic heterocycles. The molecule has 2 N–H and O–H groups in total. The van der Waals surface area contributed by atoms with E-state index in [9.17, 15) is 4.79 Å². The monoisotopic (exact) mass is 385 g/mol. The van der Waals surface area contributed by atoms with Crippen molar-refractivity contribution < 1.29 is 14.3 Å². The van der Waals surface area contributed by atoms with Crippen LogP contribution in [0.5, 0.6) is 11.5 Å². The lowest BCUT2D eigenvalue weighted by molar-refractivity contribution is -0.117. The summed E-state index contributed by atoms with van der Waals surface area (Å²) in [7, 11) is 0. The Bertz CT molecular complexity index is 841. The first-order valence-corrected chi connectivity index (χ1v) is 10.5. The molecule has 1 aromatic carbocycles. The molecule has 2 saturated heterocycles. The Morgan fingerprint density at radius 1 is 1.19 bits per heavy atom. The topological polar surface area (TPSA) is 72.5 Å². The van der Waals surface area contributed by atoms with Crippen LogP contribution in [-0.4, -0.2) is 36.2 Å². The molecule has 1 amide bonds. The number of ether oxygens (including phenoxy) is 2. The van der Waals surface area contributed by atoms with Gasteiger partial charge in [-0.15, -0.1) is 11.3 Å². The van der Waals surface area contributed by atoms with Gasteiger partial charge in [0.05, 0.1) is 5.69 Å². The number of hydrogen-bond acceptors (Lipinski definition) is 6. The minimum Gasteiger partial charge on any atom is -0.486 e. The molecule has 4 heterocycles. The number of nitrogens with zero attached hydrogens (tertiary/aromatic N) is 1. The molecule has 27 heavy (non-hydrogen) atoms. The molecule has 0 saturated carbocycles. The van der Waals surface area contributed by atoms with Gasteiger partial charge in [0.2, 0.25) is 5.91 Å². The van der Waals surface area contributed by atoms with Crippen LogP contribution in [0.1, 0.15) is 32.1 Å². The second kappa shape index (κ2) is 7.13. The van der Waals surface area contributed by atoms with Crippen LogP contribution in [0.2, 0.25) is 0 Å². The number of thiazole rings is 1. The average Bonchev–Trinajstić information content (AvgIpc) is 3.27. The Balaban J connectivity index is 1.22. The smallest absolute Gasteiger partial charge is 0.226 e. The maximum Gasteiger partial charge on any atom is 0.226 e. The summed E-state index contributed by atoms with van der Waals surface area (Å²) in [5, 5.41) is 9.23. The molecule has 0 spiro atoms. The standard InChI is InChI=1S/C20H23N3O3S/c24-19(9-12-7-14-2-3-15(8-12)21-14)23-20-22-16(11-27-20)13-1-4-17-18(10-13)26-6-5-25-17/h1,4,10-12,14-15,21H,2-3,5-9H2,(H,22,23,24). The van der Waals surface area contributed by atoms with Crippen molar-refractivity contribution in [1.82, 2.24) is 10.3 Å². The summed E-state index contributed by atoms with van der Waals surface area (Å²) in [5.41, 5.74) is 1.80. The number of amides is 1. The number of piperidine rings is 1. The Kier molecular flexibility index (Phi) is 4.49. The van der Waals surface area contributed by atoms with Gasteiger partial charge in [-0.1, -0.05) is 0 Å². The fraction of sp³-hybridized carbons (Fsp3) is 0.500. The van der Waals surface area contributed by atoms with Crippen LogP contribution in [0, 0.1) is 5.92 Å². The van der Waals surface area contributed by atoms with Crippen molar-refractivity contribution >= 4 is 22.4 Å². The maximum absolute atomic E-state index is 12.5. The third-order valence-corrected chi connectivity index (χ3v) is 6.39. The molecule has 2 atom stereocenters. The number of nitrogens with one attached hydrogen (secondary N) is 2. The minimum atomic E-state index is 0.0735. The number of anilines is 1. The first kappa shape index (κ1) is 17.0. The zero-order valence-corrected chi connectivity index (χ0v) is 15.9. The lowest BCUT2D eigenvalue weighted by atomic mass is 9.89. The van der Waals surface area contributed by atoms with Crippen LogP contribution in [-0.2, 0) is 4.79 Å². The summed E-state index contributed by atoms with van der Waals surface area (Å²) in [6.07, 6.45) is 5.34. The maximum atomic E-state index is 12.5. The first-order valence-electron chi connectivity index (χ1n) is 9.64. The fourth-order valence-corrected chi connectivity index (χ4v) is 5.18. The zero-order chi connectivity index (χ0) is 18.2. The summed E-state index contributed by atoms with van der Waals surface area (Å²) < 4.78 is 11.2. The quantitative estimate of drug-likeness (QED) is 0.844. The molecular weight excluding hydrogens is 362 g/mol. The highest BCUT2D eigenvalue weighted by molar-refractivity contribution is 7.14. The van der Waals surface area contributed by atoms with E-state index in [-0.39, 0.29) is 5.91 Å². The molecule has 0 radical (unpaired) electrons. The third kappa shape index (κ3) is 3.66. The van der Waals surface area contributed by atoms with Gasteiger partial charge in [-0.25, -0.2) is 4.98 Å². The molecular formula is C20H23N3O3S. The van der Waals surface area contributed by atoms with E-state index in [4.69, 9.17) is 9.47 Å². The molecule has 5 rings (SSSR count). The molecule has 7 heteroatoms. The highest BCUT2D eigenvalue weighted by Gasteiger charge is 2.34. The van der Waals surface area contributed by atoms with E-state index in [0.717, 1.165) is 35.6 Å². The first-order chi connectivity index (χ1) is 13.2. The molecule has 3 aliphatic heterocycles. The largest absolute Gasteiger partial charge is 0.486 e. The highest BCUT2D eigenvalue weighted by atomic mass is 32.1. The molecule has 2 bridgehead atoms. The van der Waals surface area contributed by atoms with E-state index in [1.807, 2.05) is 23.6 Å². The van der Waals surface area contributed by atoms with Gasteiger partial charge < -0.3 is 20.1 Å². The van der Waals surface area contributed by atoms with Crippen molar-refractivity contribution in [3.05, 3.63) is 23.6 Å². The minimum absolute atomic E-state index is 0.0735. The van der Waals surface area contributed by atoms with Crippen molar-refractivity contribution in [2.24, 2.45) is 5.92 Å². The number of rotatable bonds is 4. The van der Waals surface area contributed by atoms with Crippen molar-refractivity contribution in [2.45, 2.75) is 44.2 Å². The molecule has 2 aromatic rings. The van der Waals surface area contributed by atoms with Crippen molar-refractivity contribution in [2.75, 3.05) is 18.5 Å². The van der Waals surface area contributed by atoms with Gasteiger partial charge in [-0.05, 0) is 49.8 Å². The van der Waals surface area contributed by atoms with E-state index >= 15 is 0 Å². The lowest BCUT2D eigenvalue weighted by Crippen LogP contribution is -2.39. The summed E-state index contributed by atoms with van der Waals surface area (Å²) >= 11 is 1.46. The Labute approximate surface area is 162 Å². The van der Waals surface area contributed by atoms with Crippen LogP contribution in [0.4, 0.5) is 5.13 Å². The van der Waals surface area contributed by atoms with Crippen LogP contribution in [0.3, 0.4) is 0 Å². The number of carbonyl (C=O) groups is 1. The average molecular weight is 385 g/mol. The second-order valence-corrected chi connectivity index (χ2v) is 8.48. The van der Waals surface area contributed by atoms with Crippen molar-refractivity contribution in [3.8, 4) is 22.8 Å². The van der Waals surface area contributed by atoms with Crippen LogP contribution in [0.15, 0.2) is 23.6 Å². The normalized spacial score (nSPS) is 26.0. The Morgan fingerprint density at radius 2 is 1.96 bits per heavy atom. The van der Waals surface area contributed by atoms with E-state index < -0.39 is 0 Å². The second-order valence-electron chi connectivity index (χ2n) is 7.62. The van der Waals surface area contributed by atoms with Gasteiger partial charge in [0.1, 0.15) is 13.2 Å². The predicted octanol–water partition coefficient (Wildman–Crippen LogP) is 3.44. The van der Waals surface area contributed by atoms with Gasteiger partial charge >= 0.3 is 0 Å². The number of fused-ring (bicyclic) bond motifs is 3. The summed E-state index contributed by atoms with van der Waals surface area (Å²) in [5.74, 6) is 2.08. The van der Waals surface area contributed by atoms with E-state index in [1.165, 1.54) is 24.2 Å². The molecule has 2 fully saturated rings. The predicted molar refractivity (Wildman–Crippen MR) is 104 cm³/mol. The Morgan fingerprint density at radius 3 is 2.78 bits per heavy atom. The van der Waals surface area contributed by atoms with Crippen molar-refractivity contribution in [3.63, 3.8) is 0 Å². The van der Waals surface area contributed by atoms with Gasteiger partial charge in [-0.3, -0.25) is 4.79 Å². The zero-order valence-electron chi connectivity index (χ0n) is 15.1. The number of benzene rings is 1. The van der Waals surface area contributed by atoms with E-state index in [2.05, 4.69) is 15.6 Å². The van der Waals surface area contributed by atoms with Crippen molar-refractivity contribution in [1.29, 1.82) is 0 Å². The summed E-state index contributed by atoms with van der Waals surface area (Å²) in [4.78, 5) is 17.0. The highest BCUT2D eigenvalue weighted by Crippen LogP contribution is 2.36. The van der Waals surface area contributed by atoms with Gasteiger partial charge in [0, 0.05) is 29.4 Å².